The van der Waals surface area contributed by atoms with Crippen molar-refractivity contribution in [3.05, 3.63) is 23.8 Å². The SMILES string of the molecule is C=C(C)CCC(C)C1CCC2C3CC=C4CC(O)CCC4(C)C3CCC12C. The first-order chi connectivity index (χ1) is 12.8. The van der Waals surface area contributed by atoms with Crippen molar-refractivity contribution < 1.29 is 5.11 Å². The van der Waals surface area contributed by atoms with Crippen LogP contribution in [0.25, 0.3) is 0 Å². The molecule has 8 unspecified atom stereocenters. The van der Waals surface area contributed by atoms with Gasteiger partial charge in [0.25, 0.3) is 0 Å². The number of allylic oxidation sites excluding steroid dienone is 2. The average molecular weight is 371 g/mol. The minimum Gasteiger partial charge on any atom is -0.393 e. The smallest absolute Gasteiger partial charge is 0.0577 e. The van der Waals surface area contributed by atoms with Gasteiger partial charge >= 0.3 is 0 Å². The van der Waals surface area contributed by atoms with Crippen LogP contribution >= 0.6 is 0 Å². The second-order valence-corrected chi connectivity index (χ2v) is 11.4. The molecule has 0 aliphatic heterocycles. The summed E-state index contributed by atoms with van der Waals surface area (Å²) in [4.78, 5) is 0. The zero-order chi connectivity index (χ0) is 19.4. The number of aliphatic hydroxyl groups is 1. The third kappa shape index (κ3) is 3.17. The lowest BCUT2D eigenvalue weighted by atomic mass is 9.47. The molecule has 1 heteroatoms. The normalized spacial score (nSPS) is 47.4. The van der Waals surface area contributed by atoms with Crippen LogP contribution in [-0.2, 0) is 0 Å². The van der Waals surface area contributed by atoms with Crippen LogP contribution in [0.15, 0.2) is 23.8 Å². The van der Waals surface area contributed by atoms with E-state index in [1.165, 1.54) is 56.9 Å². The van der Waals surface area contributed by atoms with Gasteiger partial charge in [0.15, 0.2) is 0 Å². The Morgan fingerprint density at radius 1 is 1.19 bits per heavy atom. The second-order valence-electron chi connectivity index (χ2n) is 11.4. The van der Waals surface area contributed by atoms with Gasteiger partial charge in [-0.3, -0.25) is 0 Å². The number of aliphatic hydroxyl groups excluding tert-OH is 1. The van der Waals surface area contributed by atoms with Gasteiger partial charge in [0.1, 0.15) is 0 Å². The first-order valence-electron chi connectivity index (χ1n) is 11.8. The first kappa shape index (κ1) is 19.7. The molecule has 0 aromatic carbocycles. The Bertz CT molecular complexity index is 618. The summed E-state index contributed by atoms with van der Waals surface area (Å²) in [7, 11) is 0. The molecule has 152 valence electrons. The Kier molecular flexibility index (Phi) is 5.15. The second kappa shape index (κ2) is 7.05. The lowest BCUT2D eigenvalue weighted by Gasteiger charge is -2.58. The highest BCUT2D eigenvalue weighted by atomic mass is 16.3. The molecule has 3 saturated carbocycles. The molecule has 1 nitrogen and oxygen atoms in total. The topological polar surface area (TPSA) is 20.2 Å². The van der Waals surface area contributed by atoms with E-state index >= 15 is 0 Å². The molecule has 4 aliphatic carbocycles. The van der Waals surface area contributed by atoms with Gasteiger partial charge in [0.05, 0.1) is 6.10 Å². The van der Waals surface area contributed by atoms with Crippen molar-refractivity contribution in [1.29, 1.82) is 0 Å². The fourth-order valence-corrected chi connectivity index (χ4v) is 8.29. The van der Waals surface area contributed by atoms with E-state index in [-0.39, 0.29) is 6.10 Å². The summed E-state index contributed by atoms with van der Waals surface area (Å²) in [6, 6.07) is 0. The Morgan fingerprint density at radius 2 is 1.96 bits per heavy atom. The largest absolute Gasteiger partial charge is 0.393 e. The van der Waals surface area contributed by atoms with Crippen LogP contribution in [0.4, 0.5) is 0 Å². The predicted molar refractivity (Wildman–Crippen MR) is 114 cm³/mol. The molecule has 0 heterocycles. The first-order valence-corrected chi connectivity index (χ1v) is 11.8. The molecule has 0 bridgehead atoms. The van der Waals surface area contributed by atoms with Crippen LogP contribution in [-0.4, -0.2) is 11.2 Å². The minimum absolute atomic E-state index is 0.0836. The summed E-state index contributed by atoms with van der Waals surface area (Å²) in [5, 5.41) is 10.2. The third-order valence-electron chi connectivity index (χ3n) is 9.86. The molecule has 3 fully saturated rings. The number of fused-ring (bicyclic) bond motifs is 5. The number of rotatable bonds is 4. The van der Waals surface area contributed by atoms with E-state index in [1.807, 2.05) is 0 Å². The van der Waals surface area contributed by atoms with Crippen LogP contribution in [0.1, 0.15) is 91.9 Å². The standard InChI is InChI=1S/C26H42O/c1-17(2)6-7-18(3)22-10-11-23-21-9-8-19-16-20(27)12-14-25(19,4)24(21)13-15-26(22,23)5/h8,18,20-24,27H,1,6-7,9-16H2,2-5H3. The molecule has 4 rings (SSSR count). The predicted octanol–water partition coefficient (Wildman–Crippen LogP) is 6.92. The van der Waals surface area contributed by atoms with Crippen LogP contribution in [0.5, 0.6) is 0 Å². The van der Waals surface area contributed by atoms with Crippen LogP contribution < -0.4 is 0 Å². The summed E-state index contributed by atoms with van der Waals surface area (Å²) in [5.41, 5.74) is 3.90. The van der Waals surface area contributed by atoms with Crippen LogP contribution in [0.2, 0.25) is 0 Å². The Labute approximate surface area is 167 Å². The van der Waals surface area contributed by atoms with Gasteiger partial charge in [0.2, 0.25) is 0 Å². The van der Waals surface area contributed by atoms with Crippen LogP contribution in [0.3, 0.4) is 0 Å². The van der Waals surface area contributed by atoms with Gasteiger partial charge in [-0.15, -0.1) is 6.58 Å². The average Bonchev–Trinajstić information content (AvgIpc) is 2.97. The van der Waals surface area contributed by atoms with E-state index in [1.54, 1.807) is 5.57 Å². The summed E-state index contributed by atoms with van der Waals surface area (Å²) >= 11 is 0. The van der Waals surface area contributed by atoms with E-state index < -0.39 is 0 Å². The Hall–Kier alpha value is -0.560. The fourth-order valence-electron chi connectivity index (χ4n) is 8.29. The van der Waals surface area contributed by atoms with Crippen molar-refractivity contribution in [3.63, 3.8) is 0 Å². The summed E-state index contributed by atoms with van der Waals surface area (Å²) in [6.45, 7) is 14.1. The fraction of sp³-hybridized carbons (Fsp3) is 0.846. The molecule has 0 aromatic heterocycles. The maximum atomic E-state index is 10.2. The molecule has 0 radical (unpaired) electrons. The molecule has 8 atom stereocenters. The molecule has 0 saturated heterocycles. The van der Waals surface area contributed by atoms with Crippen molar-refractivity contribution in [2.45, 2.75) is 98.0 Å². The van der Waals surface area contributed by atoms with Crippen molar-refractivity contribution in [1.82, 2.24) is 0 Å². The van der Waals surface area contributed by atoms with Gasteiger partial charge in [-0.1, -0.05) is 38.0 Å². The van der Waals surface area contributed by atoms with Gasteiger partial charge < -0.3 is 5.11 Å². The van der Waals surface area contributed by atoms with E-state index in [4.69, 9.17) is 0 Å². The Balaban J connectivity index is 1.54. The van der Waals surface area contributed by atoms with Gasteiger partial charge in [-0.25, -0.2) is 0 Å². The molecule has 27 heavy (non-hydrogen) atoms. The maximum Gasteiger partial charge on any atom is 0.0577 e. The van der Waals surface area contributed by atoms with Crippen molar-refractivity contribution >= 4 is 0 Å². The van der Waals surface area contributed by atoms with E-state index in [9.17, 15) is 5.11 Å². The van der Waals surface area contributed by atoms with E-state index in [0.29, 0.717) is 10.8 Å². The zero-order valence-electron chi connectivity index (χ0n) is 18.3. The monoisotopic (exact) mass is 370 g/mol. The maximum absolute atomic E-state index is 10.2. The van der Waals surface area contributed by atoms with Gasteiger partial charge in [-0.2, -0.15) is 0 Å². The molecule has 0 spiro atoms. The molecule has 4 aliphatic rings. The van der Waals surface area contributed by atoms with E-state index in [2.05, 4.69) is 40.3 Å². The van der Waals surface area contributed by atoms with Gasteiger partial charge in [0, 0.05) is 0 Å². The number of hydrogen-bond acceptors (Lipinski definition) is 1. The summed E-state index contributed by atoms with van der Waals surface area (Å²) < 4.78 is 0. The lowest BCUT2D eigenvalue weighted by Crippen LogP contribution is -2.50. The van der Waals surface area contributed by atoms with Gasteiger partial charge in [-0.05, 0) is 112 Å². The quantitative estimate of drug-likeness (QED) is 0.533. The lowest BCUT2D eigenvalue weighted by molar-refractivity contribution is -0.0571. The van der Waals surface area contributed by atoms with Crippen molar-refractivity contribution in [2.24, 2.45) is 40.4 Å². The molecule has 0 amide bonds. The highest BCUT2D eigenvalue weighted by Gasteiger charge is 2.59. The highest BCUT2D eigenvalue weighted by Crippen LogP contribution is 2.67. The van der Waals surface area contributed by atoms with Crippen LogP contribution in [0, 0.1) is 40.4 Å². The summed E-state index contributed by atoms with van der Waals surface area (Å²) in [5.74, 6) is 4.44. The number of hydrogen-bond donors (Lipinski definition) is 1. The molecular formula is C26H42O. The van der Waals surface area contributed by atoms with Crippen molar-refractivity contribution in [2.75, 3.05) is 0 Å². The zero-order valence-corrected chi connectivity index (χ0v) is 18.3. The minimum atomic E-state index is -0.0836. The van der Waals surface area contributed by atoms with E-state index in [0.717, 1.165) is 42.4 Å². The third-order valence-corrected chi connectivity index (χ3v) is 9.86. The Morgan fingerprint density at radius 3 is 2.70 bits per heavy atom. The summed E-state index contributed by atoms with van der Waals surface area (Å²) in [6.07, 6.45) is 15.3. The molecule has 1 N–H and O–H groups in total. The molecular weight excluding hydrogens is 328 g/mol. The highest BCUT2D eigenvalue weighted by molar-refractivity contribution is 5.25. The van der Waals surface area contributed by atoms with Crippen molar-refractivity contribution in [3.8, 4) is 0 Å². The molecule has 0 aromatic rings.